The van der Waals surface area contributed by atoms with Crippen molar-refractivity contribution < 1.29 is 0 Å². The van der Waals surface area contributed by atoms with Gasteiger partial charge in [-0.3, -0.25) is 9.98 Å². The maximum Gasteiger partial charge on any atom is 0.157 e. The third-order valence-electron chi connectivity index (χ3n) is 2.65. The summed E-state index contributed by atoms with van der Waals surface area (Å²) in [5, 5.41) is 4.55. The summed E-state index contributed by atoms with van der Waals surface area (Å²) in [4.78, 5) is 8.66. The molecule has 1 N–H and O–H groups in total. The van der Waals surface area contributed by atoms with Gasteiger partial charge in [0.05, 0.1) is 6.54 Å². The van der Waals surface area contributed by atoms with Crippen molar-refractivity contribution in [2.45, 2.75) is 32.4 Å². The van der Waals surface area contributed by atoms with E-state index in [1.165, 1.54) is 18.6 Å². The smallest absolute Gasteiger partial charge is 0.157 e. The fraction of sp³-hybridized carbons (Fsp3) is 0.500. The van der Waals surface area contributed by atoms with E-state index in [0.717, 1.165) is 17.3 Å². The Morgan fingerprint density at radius 3 is 3.31 bits per heavy atom. The summed E-state index contributed by atoms with van der Waals surface area (Å²) in [5.41, 5.74) is 1.16. The Morgan fingerprint density at radius 2 is 2.56 bits per heavy atom. The molecule has 1 fully saturated rings. The van der Waals surface area contributed by atoms with Crippen LogP contribution in [0.15, 0.2) is 29.5 Å². The van der Waals surface area contributed by atoms with Crippen LogP contribution in [0, 0.1) is 0 Å². The van der Waals surface area contributed by atoms with Crippen LogP contribution in [-0.2, 0) is 6.54 Å². The van der Waals surface area contributed by atoms with Crippen LogP contribution in [0.5, 0.6) is 0 Å². The van der Waals surface area contributed by atoms with E-state index in [4.69, 9.17) is 0 Å². The molecule has 0 aromatic carbocycles. The van der Waals surface area contributed by atoms with Gasteiger partial charge in [0.2, 0.25) is 0 Å². The van der Waals surface area contributed by atoms with E-state index in [2.05, 4.69) is 28.3 Å². The number of aromatic nitrogens is 1. The minimum Gasteiger partial charge on any atom is -0.362 e. The van der Waals surface area contributed by atoms with Gasteiger partial charge in [0.15, 0.2) is 5.17 Å². The molecule has 0 radical (unpaired) electrons. The predicted octanol–water partition coefficient (Wildman–Crippen LogP) is 2.44. The van der Waals surface area contributed by atoms with E-state index >= 15 is 0 Å². The molecule has 0 amide bonds. The summed E-state index contributed by atoms with van der Waals surface area (Å²) in [7, 11) is 0. The number of rotatable bonds is 3. The Labute approximate surface area is 101 Å². The fourth-order valence-corrected chi connectivity index (χ4v) is 2.64. The first-order valence-electron chi connectivity index (χ1n) is 5.71. The van der Waals surface area contributed by atoms with Gasteiger partial charge in [-0.15, -0.1) is 0 Å². The molecule has 1 aliphatic heterocycles. The fourth-order valence-electron chi connectivity index (χ4n) is 1.64. The molecule has 0 bridgehead atoms. The van der Waals surface area contributed by atoms with Gasteiger partial charge < -0.3 is 5.32 Å². The number of hydrogen-bond acceptors (Lipinski definition) is 3. The van der Waals surface area contributed by atoms with Crippen molar-refractivity contribution in [3.8, 4) is 0 Å². The lowest BCUT2D eigenvalue weighted by molar-refractivity contribution is 0.570. The van der Waals surface area contributed by atoms with E-state index in [-0.39, 0.29) is 0 Å². The van der Waals surface area contributed by atoms with Crippen LogP contribution >= 0.6 is 11.8 Å². The second-order valence-electron chi connectivity index (χ2n) is 3.87. The average Bonchev–Trinajstić information content (AvgIpc) is 2.38. The van der Waals surface area contributed by atoms with Gasteiger partial charge in [-0.25, -0.2) is 0 Å². The molecule has 1 aromatic rings. The summed E-state index contributed by atoms with van der Waals surface area (Å²) < 4.78 is 0. The lowest BCUT2D eigenvalue weighted by Crippen LogP contribution is -2.37. The van der Waals surface area contributed by atoms with Gasteiger partial charge in [-0.1, -0.05) is 24.8 Å². The normalized spacial score (nSPS) is 23.1. The molecule has 2 rings (SSSR count). The summed E-state index contributed by atoms with van der Waals surface area (Å²) in [6.07, 6.45) is 6.08. The minimum absolute atomic E-state index is 0.605. The summed E-state index contributed by atoms with van der Waals surface area (Å²) in [6, 6.07) is 4.61. The molecule has 1 unspecified atom stereocenters. The van der Waals surface area contributed by atoms with Crippen molar-refractivity contribution in [3.63, 3.8) is 0 Å². The van der Waals surface area contributed by atoms with Crippen molar-refractivity contribution >= 4 is 16.9 Å². The zero-order valence-electron chi connectivity index (χ0n) is 9.52. The minimum atomic E-state index is 0.605. The van der Waals surface area contributed by atoms with Crippen LogP contribution < -0.4 is 5.32 Å². The summed E-state index contributed by atoms with van der Waals surface area (Å²) >= 11 is 1.82. The SMILES string of the molecule is CCC1CCSC(=NCc2cccnc2)N1. The number of hydrogen-bond donors (Lipinski definition) is 1. The highest BCUT2D eigenvalue weighted by Gasteiger charge is 2.14. The predicted molar refractivity (Wildman–Crippen MR) is 69.7 cm³/mol. The molecule has 2 heterocycles. The van der Waals surface area contributed by atoms with Crippen LogP contribution in [-0.4, -0.2) is 21.9 Å². The molecule has 0 aliphatic carbocycles. The number of nitrogens with zero attached hydrogens (tertiary/aromatic N) is 2. The topological polar surface area (TPSA) is 37.3 Å². The van der Waals surface area contributed by atoms with Gasteiger partial charge in [0.1, 0.15) is 0 Å². The highest BCUT2D eigenvalue weighted by molar-refractivity contribution is 8.13. The van der Waals surface area contributed by atoms with Crippen molar-refractivity contribution in [1.82, 2.24) is 10.3 Å². The lowest BCUT2D eigenvalue weighted by atomic mass is 10.2. The molecule has 1 aromatic heterocycles. The van der Waals surface area contributed by atoms with Gasteiger partial charge in [0.25, 0.3) is 0 Å². The highest BCUT2D eigenvalue weighted by Crippen LogP contribution is 2.16. The van der Waals surface area contributed by atoms with E-state index in [0.29, 0.717) is 6.04 Å². The molecule has 0 spiro atoms. The third kappa shape index (κ3) is 3.23. The highest BCUT2D eigenvalue weighted by atomic mass is 32.2. The monoisotopic (exact) mass is 235 g/mol. The van der Waals surface area contributed by atoms with Crippen LogP contribution in [0.25, 0.3) is 0 Å². The Morgan fingerprint density at radius 1 is 1.62 bits per heavy atom. The van der Waals surface area contributed by atoms with Gasteiger partial charge in [-0.05, 0) is 24.5 Å². The maximum atomic E-state index is 4.58. The number of nitrogens with one attached hydrogen (secondary N) is 1. The lowest BCUT2D eigenvalue weighted by Gasteiger charge is -2.24. The third-order valence-corrected chi connectivity index (χ3v) is 3.61. The van der Waals surface area contributed by atoms with Gasteiger partial charge in [0, 0.05) is 24.2 Å². The van der Waals surface area contributed by atoms with Gasteiger partial charge in [-0.2, -0.15) is 0 Å². The van der Waals surface area contributed by atoms with Crippen molar-refractivity contribution in [2.75, 3.05) is 5.75 Å². The van der Waals surface area contributed by atoms with E-state index in [1.807, 2.05) is 24.0 Å². The van der Waals surface area contributed by atoms with Gasteiger partial charge >= 0.3 is 0 Å². The van der Waals surface area contributed by atoms with Crippen molar-refractivity contribution in [1.29, 1.82) is 0 Å². The molecular weight excluding hydrogens is 218 g/mol. The summed E-state index contributed by atoms with van der Waals surface area (Å²) in [6.45, 7) is 2.94. The second kappa shape index (κ2) is 5.89. The van der Waals surface area contributed by atoms with Crippen molar-refractivity contribution in [3.05, 3.63) is 30.1 Å². The molecule has 1 saturated heterocycles. The van der Waals surface area contributed by atoms with Crippen LogP contribution in [0.3, 0.4) is 0 Å². The Hall–Kier alpha value is -1.03. The second-order valence-corrected chi connectivity index (χ2v) is 4.95. The van der Waals surface area contributed by atoms with E-state index in [1.54, 1.807) is 6.20 Å². The standard InChI is InChI=1S/C12H17N3S/c1-2-11-5-7-16-12(15-11)14-9-10-4-3-6-13-8-10/h3-4,6,8,11H,2,5,7,9H2,1H3,(H,14,15). The maximum absolute atomic E-state index is 4.58. The van der Waals surface area contributed by atoms with E-state index < -0.39 is 0 Å². The molecule has 0 saturated carbocycles. The molecule has 3 nitrogen and oxygen atoms in total. The number of amidine groups is 1. The molecule has 4 heteroatoms. The molecule has 1 aliphatic rings. The Balaban J connectivity index is 1.92. The Bertz CT molecular complexity index is 351. The first kappa shape index (κ1) is 11.5. The molecule has 1 atom stereocenters. The number of thioether (sulfide) groups is 1. The number of pyridine rings is 1. The first-order chi connectivity index (χ1) is 7.88. The Kier molecular flexibility index (Phi) is 4.22. The largest absolute Gasteiger partial charge is 0.362 e. The first-order valence-corrected chi connectivity index (χ1v) is 6.69. The van der Waals surface area contributed by atoms with Crippen LogP contribution in [0.2, 0.25) is 0 Å². The van der Waals surface area contributed by atoms with Crippen LogP contribution in [0.4, 0.5) is 0 Å². The van der Waals surface area contributed by atoms with Crippen molar-refractivity contribution in [2.24, 2.45) is 4.99 Å². The molecule has 16 heavy (non-hydrogen) atoms. The zero-order chi connectivity index (χ0) is 11.2. The molecule has 86 valence electrons. The average molecular weight is 235 g/mol. The summed E-state index contributed by atoms with van der Waals surface area (Å²) in [5.74, 6) is 1.18. The zero-order valence-corrected chi connectivity index (χ0v) is 10.3. The molecular formula is C12H17N3S. The van der Waals surface area contributed by atoms with E-state index in [9.17, 15) is 0 Å². The number of aliphatic imine (C=N–C) groups is 1. The quantitative estimate of drug-likeness (QED) is 0.874. The van der Waals surface area contributed by atoms with Crippen LogP contribution in [0.1, 0.15) is 25.3 Å².